The summed E-state index contributed by atoms with van der Waals surface area (Å²) >= 11 is 0. The van der Waals surface area contributed by atoms with Crippen molar-refractivity contribution in [2.75, 3.05) is 20.4 Å². The smallest absolute Gasteiger partial charge is 0.145 e. The monoisotopic (exact) mass is 254 g/mol. The maximum absolute atomic E-state index is 8.78. The van der Waals surface area contributed by atoms with Crippen LogP contribution in [0.25, 0.3) is 0 Å². The third-order valence-electron chi connectivity index (χ3n) is 3.47. The number of allylic oxidation sites excluding steroid dienone is 1. The van der Waals surface area contributed by atoms with E-state index in [1.165, 1.54) is 0 Å². The molecule has 0 fully saturated rings. The molecule has 0 bridgehead atoms. The molecule has 0 saturated heterocycles. The predicted octanol–water partition coefficient (Wildman–Crippen LogP) is 1.60. The van der Waals surface area contributed by atoms with Crippen LogP contribution in [0.1, 0.15) is 20.8 Å². The van der Waals surface area contributed by atoms with Gasteiger partial charge in [-0.2, -0.15) is 0 Å². The highest BCUT2D eigenvalue weighted by molar-refractivity contribution is 4.97. The molecular formula is C14H26N2O2. The van der Waals surface area contributed by atoms with Gasteiger partial charge in [0.25, 0.3) is 0 Å². The van der Waals surface area contributed by atoms with Gasteiger partial charge in [0.1, 0.15) is 12.6 Å². The average Bonchev–Trinajstić information content (AvgIpc) is 2.37. The predicted molar refractivity (Wildman–Crippen MR) is 74.8 cm³/mol. The average molecular weight is 254 g/mol. The summed E-state index contributed by atoms with van der Waals surface area (Å²) in [6, 6.07) is 0. The maximum atomic E-state index is 8.78. The summed E-state index contributed by atoms with van der Waals surface area (Å²) in [6.45, 7) is 14.3. The minimum absolute atomic E-state index is 0.00911. The van der Waals surface area contributed by atoms with Gasteiger partial charge in [0, 0.05) is 13.7 Å². The zero-order valence-corrected chi connectivity index (χ0v) is 11.9. The Kier molecular flexibility index (Phi) is 7.44. The Morgan fingerprint density at radius 2 is 2.11 bits per heavy atom. The van der Waals surface area contributed by atoms with Crippen LogP contribution in [0.3, 0.4) is 0 Å². The molecule has 3 N–H and O–H groups in total. The Labute approximate surface area is 110 Å². The summed E-state index contributed by atoms with van der Waals surface area (Å²) in [5.41, 5.74) is 2.67. The van der Waals surface area contributed by atoms with Crippen LogP contribution in [0.2, 0.25) is 0 Å². The number of aliphatic hydroxyl groups excluding tert-OH is 1. The largest absolute Gasteiger partial charge is 0.379 e. The Morgan fingerprint density at radius 1 is 1.50 bits per heavy atom. The van der Waals surface area contributed by atoms with Crippen LogP contribution in [0.4, 0.5) is 0 Å². The van der Waals surface area contributed by atoms with E-state index in [0.717, 1.165) is 0 Å². The molecule has 0 spiro atoms. The van der Waals surface area contributed by atoms with Gasteiger partial charge in [0.15, 0.2) is 0 Å². The fourth-order valence-corrected chi connectivity index (χ4v) is 1.60. The maximum Gasteiger partial charge on any atom is 0.145 e. The lowest BCUT2D eigenvalue weighted by atomic mass is 9.77. The summed E-state index contributed by atoms with van der Waals surface area (Å²) in [7, 11) is 1.69. The van der Waals surface area contributed by atoms with Crippen LogP contribution in [0.5, 0.6) is 0 Å². The van der Waals surface area contributed by atoms with Gasteiger partial charge in [0.2, 0.25) is 0 Å². The quantitative estimate of drug-likeness (QED) is 0.332. The minimum atomic E-state index is -0.157. The lowest BCUT2D eigenvalue weighted by Gasteiger charge is -2.34. The summed E-state index contributed by atoms with van der Waals surface area (Å²) in [5.74, 6) is 0.871. The topological polar surface area (TPSA) is 53.5 Å². The molecule has 0 aromatic carbocycles. The van der Waals surface area contributed by atoms with Crippen molar-refractivity contribution < 1.29 is 9.84 Å². The molecule has 0 radical (unpaired) electrons. The van der Waals surface area contributed by atoms with E-state index in [1.54, 1.807) is 7.11 Å². The molecule has 0 rings (SSSR count). The van der Waals surface area contributed by atoms with E-state index < -0.39 is 0 Å². The molecule has 0 saturated carbocycles. The van der Waals surface area contributed by atoms with Crippen LogP contribution < -0.4 is 10.6 Å². The second kappa shape index (κ2) is 7.98. The Morgan fingerprint density at radius 3 is 2.50 bits per heavy atom. The lowest BCUT2D eigenvalue weighted by Crippen LogP contribution is -2.41. The molecule has 0 aromatic heterocycles. The van der Waals surface area contributed by atoms with E-state index in [-0.39, 0.29) is 18.2 Å². The molecule has 2 atom stereocenters. The first-order valence-corrected chi connectivity index (χ1v) is 6.08. The SMILES string of the molecule is C=C=C(NCO)NCC(OC)[C@H](C)C(C)(C)C=C. The van der Waals surface area contributed by atoms with Crippen LogP contribution in [0, 0.1) is 11.3 Å². The Balaban J connectivity index is 4.53. The van der Waals surface area contributed by atoms with Crippen LogP contribution in [-0.4, -0.2) is 31.6 Å². The van der Waals surface area contributed by atoms with Crippen molar-refractivity contribution >= 4 is 0 Å². The third kappa shape index (κ3) is 4.96. The number of ether oxygens (including phenoxy) is 1. The van der Waals surface area contributed by atoms with E-state index >= 15 is 0 Å². The molecule has 0 aliphatic heterocycles. The van der Waals surface area contributed by atoms with Crippen molar-refractivity contribution in [2.45, 2.75) is 26.9 Å². The van der Waals surface area contributed by atoms with Crippen LogP contribution in [0.15, 0.2) is 30.8 Å². The summed E-state index contributed by atoms with van der Waals surface area (Å²) in [6.07, 6.45) is 1.97. The number of hydrogen-bond acceptors (Lipinski definition) is 4. The number of methoxy groups -OCH3 is 1. The fourth-order valence-electron chi connectivity index (χ4n) is 1.60. The van der Waals surface area contributed by atoms with Gasteiger partial charge < -0.3 is 20.5 Å². The van der Waals surface area contributed by atoms with Gasteiger partial charge in [0.05, 0.1) is 6.10 Å². The molecule has 0 aromatic rings. The zero-order chi connectivity index (χ0) is 14.2. The normalized spacial score (nSPS) is 14.3. The molecule has 18 heavy (non-hydrogen) atoms. The van der Waals surface area contributed by atoms with Gasteiger partial charge >= 0.3 is 0 Å². The van der Waals surface area contributed by atoms with E-state index in [2.05, 4.69) is 50.3 Å². The van der Waals surface area contributed by atoms with E-state index in [1.807, 2.05) is 6.08 Å². The number of aliphatic hydroxyl groups is 1. The van der Waals surface area contributed by atoms with E-state index in [0.29, 0.717) is 18.3 Å². The van der Waals surface area contributed by atoms with Crippen LogP contribution >= 0.6 is 0 Å². The Hall–Kier alpha value is -1.22. The molecule has 4 nitrogen and oxygen atoms in total. The summed E-state index contributed by atoms with van der Waals surface area (Å²) in [4.78, 5) is 0. The van der Waals surface area contributed by atoms with Gasteiger partial charge in [-0.1, -0.05) is 39.2 Å². The van der Waals surface area contributed by atoms with E-state index in [9.17, 15) is 0 Å². The summed E-state index contributed by atoms with van der Waals surface area (Å²) < 4.78 is 5.51. The Bertz CT molecular complexity index is 307. The van der Waals surface area contributed by atoms with Crippen molar-refractivity contribution in [3.05, 3.63) is 30.8 Å². The molecule has 0 aliphatic carbocycles. The summed E-state index contributed by atoms with van der Waals surface area (Å²) in [5, 5.41) is 14.6. The van der Waals surface area contributed by atoms with Crippen molar-refractivity contribution in [3.63, 3.8) is 0 Å². The van der Waals surface area contributed by atoms with Crippen molar-refractivity contribution in [3.8, 4) is 0 Å². The molecule has 0 aliphatic rings. The number of hydrogen-bond donors (Lipinski definition) is 3. The van der Waals surface area contributed by atoms with E-state index in [4.69, 9.17) is 9.84 Å². The molecule has 0 amide bonds. The van der Waals surface area contributed by atoms with Crippen LogP contribution in [-0.2, 0) is 4.74 Å². The minimum Gasteiger partial charge on any atom is -0.379 e. The fraction of sp³-hybridized carbons (Fsp3) is 0.643. The highest BCUT2D eigenvalue weighted by Crippen LogP contribution is 2.31. The third-order valence-corrected chi connectivity index (χ3v) is 3.47. The number of rotatable bonds is 9. The molecular weight excluding hydrogens is 228 g/mol. The highest BCUT2D eigenvalue weighted by atomic mass is 16.5. The second-order valence-corrected chi connectivity index (χ2v) is 4.86. The standard InChI is InChI=1S/C14H26N2O2/c1-7-13(16-10-17)15-9-12(18-6)11(3)14(4,5)8-2/h8,11-12,15-17H,1-2,9-10H2,3-6H3/t11-,12?/m0/s1. The first-order valence-electron chi connectivity index (χ1n) is 6.08. The van der Waals surface area contributed by atoms with Gasteiger partial charge in [-0.25, -0.2) is 0 Å². The highest BCUT2D eigenvalue weighted by Gasteiger charge is 2.29. The first kappa shape index (κ1) is 16.8. The van der Waals surface area contributed by atoms with Crippen molar-refractivity contribution in [2.24, 2.45) is 11.3 Å². The molecule has 104 valence electrons. The van der Waals surface area contributed by atoms with Gasteiger partial charge in [-0.3, -0.25) is 0 Å². The van der Waals surface area contributed by atoms with Crippen molar-refractivity contribution in [1.82, 2.24) is 10.6 Å². The number of nitrogens with one attached hydrogen (secondary N) is 2. The molecule has 0 heterocycles. The first-order chi connectivity index (χ1) is 8.42. The molecule has 1 unspecified atom stereocenters. The second-order valence-electron chi connectivity index (χ2n) is 4.86. The van der Waals surface area contributed by atoms with Gasteiger partial charge in [-0.15, -0.1) is 6.58 Å². The van der Waals surface area contributed by atoms with Gasteiger partial charge in [-0.05, 0) is 11.3 Å². The van der Waals surface area contributed by atoms with Crippen molar-refractivity contribution in [1.29, 1.82) is 0 Å². The molecule has 4 heteroatoms. The lowest BCUT2D eigenvalue weighted by molar-refractivity contribution is 0.0246. The zero-order valence-electron chi connectivity index (χ0n) is 11.9.